The SMILES string of the molecule is COc1cc(OC)cc(SC[C@H]2C(C)CCC3C(C)(C)CCCC32C)c1. The topological polar surface area (TPSA) is 18.5 Å². The van der Waals surface area contributed by atoms with Crippen molar-refractivity contribution in [2.45, 2.75) is 64.7 Å². The highest BCUT2D eigenvalue weighted by Crippen LogP contribution is 2.61. The minimum atomic E-state index is 0.482. The molecule has 1 aromatic rings. The lowest BCUT2D eigenvalue weighted by Crippen LogP contribution is -2.51. The first-order valence-corrected chi connectivity index (χ1v) is 11.1. The summed E-state index contributed by atoms with van der Waals surface area (Å²) in [5, 5.41) is 0. The molecule has 2 aliphatic carbocycles. The van der Waals surface area contributed by atoms with Gasteiger partial charge < -0.3 is 9.47 Å². The van der Waals surface area contributed by atoms with Gasteiger partial charge in [0.05, 0.1) is 14.2 Å². The molecule has 0 aliphatic heterocycles. The molecule has 3 unspecified atom stereocenters. The van der Waals surface area contributed by atoms with Crippen LogP contribution >= 0.6 is 11.8 Å². The van der Waals surface area contributed by atoms with Gasteiger partial charge in [0.25, 0.3) is 0 Å². The van der Waals surface area contributed by atoms with Gasteiger partial charge in [-0.3, -0.25) is 0 Å². The van der Waals surface area contributed by atoms with Crippen LogP contribution in [0.1, 0.15) is 59.8 Å². The van der Waals surface area contributed by atoms with Crippen molar-refractivity contribution < 1.29 is 9.47 Å². The zero-order valence-corrected chi connectivity index (χ0v) is 18.2. The molecule has 146 valence electrons. The Morgan fingerprint density at radius 3 is 2.27 bits per heavy atom. The number of fused-ring (bicyclic) bond motifs is 1. The summed E-state index contributed by atoms with van der Waals surface area (Å²) in [4.78, 5) is 1.26. The van der Waals surface area contributed by atoms with Crippen molar-refractivity contribution in [3.63, 3.8) is 0 Å². The second-order valence-corrected chi connectivity index (χ2v) is 10.5. The summed E-state index contributed by atoms with van der Waals surface area (Å²) in [6, 6.07) is 6.24. The lowest BCUT2D eigenvalue weighted by atomic mass is 9.47. The van der Waals surface area contributed by atoms with Crippen molar-refractivity contribution in [3.8, 4) is 11.5 Å². The lowest BCUT2D eigenvalue weighted by Gasteiger charge is -2.59. The monoisotopic (exact) mass is 376 g/mol. The molecular formula is C23H36O2S. The van der Waals surface area contributed by atoms with Gasteiger partial charge in [0, 0.05) is 16.7 Å². The van der Waals surface area contributed by atoms with Crippen LogP contribution in [0.5, 0.6) is 11.5 Å². The van der Waals surface area contributed by atoms with E-state index in [4.69, 9.17) is 9.47 Å². The quantitative estimate of drug-likeness (QED) is 0.534. The Kier molecular flexibility index (Phi) is 5.86. The predicted octanol–water partition coefficient (Wildman–Crippen LogP) is 6.67. The molecule has 2 nitrogen and oxygen atoms in total. The first-order valence-electron chi connectivity index (χ1n) is 10.2. The molecule has 2 saturated carbocycles. The molecule has 3 rings (SSSR count). The largest absolute Gasteiger partial charge is 0.497 e. The average Bonchev–Trinajstić information content (AvgIpc) is 2.59. The summed E-state index contributed by atoms with van der Waals surface area (Å²) in [7, 11) is 3.45. The Hall–Kier alpha value is -0.830. The number of ether oxygens (including phenoxy) is 2. The van der Waals surface area contributed by atoms with E-state index < -0.39 is 0 Å². The average molecular weight is 377 g/mol. The summed E-state index contributed by atoms with van der Waals surface area (Å²) in [5.41, 5.74) is 0.977. The van der Waals surface area contributed by atoms with Crippen molar-refractivity contribution >= 4 is 11.8 Å². The molecule has 2 fully saturated rings. The highest BCUT2D eigenvalue weighted by Gasteiger charge is 2.53. The van der Waals surface area contributed by atoms with Gasteiger partial charge in [-0.15, -0.1) is 11.8 Å². The van der Waals surface area contributed by atoms with Gasteiger partial charge in [0.15, 0.2) is 0 Å². The van der Waals surface area contributed by atoms with Crippen LogP contribution in [0.15, 0.2) is 23.1 Å². The number of rotatable bonds is 5. The number of benzene rings is 1. The Balaban J connectivity index is 1.79. The second-order valence-electron chi connectivity index (χ2n) is 9.42. The van der Waals surface area contributed by atoms with E-state index in [-0.39, 0.29) is 0 Å². The first kappa shape index (κ1) is 19.9. The van der Waals surface area contributed by atoms with Crippen LogP contribution in [-0.2, 0) is 0 Å². The fourth-order valence-electron chi connectivity index (χ4n) is 6.02. The molecule has 3 heteroatoms. The van der Waals surface area contributed by atoms with Crippen molar-refractivity contribution in [1.82, 2.24) is 0 Å². The summed E-state index contributed by atoms with van der Waals surface area (Å²) >= 11 is 1.98. The molecule has 0 heterocycles. The lowest BCUT2D eigenvalue weighted by molar-refractivity contribution is -0.0850. The zero-order chi connectivity index (χ0) is 18.9. The van der Waals surface area contributed by atoms with Gasteiger partial charge >= 0.3 is 0 Å². The van der Waals surface area contributed by atoms with Crippen LogP contribution in [0.25, 0.3) is 0 Å². The van der Waals surface area contributed by atoms with Crippen LogP contribution in [0.4, 0.5) is 0 Å². The highest BCUT2D eigenvalue weighted by atomic mass is 32.2. The highest BCUT2D eigenvalue weighted by molar-refractivity contribution is 7.99. The maximum absolute atomic E-state index is 5.45. The van der Waals surface area contributed by atoms with Crippen LogP contribution in [0.2, 0.25) is 0 Å². The van der Waals surface area contributed by atoms with Crippen molar-refractivity contribution in [2.75, 3.05) is 20.0 Å². The Morgan fingerprint density at radius 2 is 1.65 bits per heavy atom. The summed E-state index contributed by atoms with van der Waals surface area (Å²) in [6.45, 7) is 10.1. The molecule has 0 spiro atoms. The van der Waals surface area contributed by atoms with Crippen molar-refractivity contribution in [2.24, 2.45) is 28.6 Å². The van der Waals surface area contributed by atoms with E-state index in [0.29, 0.717) is 10.8 Å². The van der Waals surface area contributed by atoms with Crippen LogP contribution in [-0.4, -0.2) is 20.0 Å². The molecule has 0 amide bonds. The summed E-state index contributed by atoms with van der Waals surface area (Å²) < 4.78 is 10.9. The van der Waals surface area contributed by atoms with Crippen molar-refractivity contribution in [1.29, 1.82) is 0 Å². The Labute approximate surface area is 164 Å². The standard InChI is InChI=1S/C23H36O2S/c1-16-8-9-21-22(2,3)10-7-11-23(21,4)20(16)15-26-19-13-17(24-5)12-18(14-19)25-6/h12-14,16,20-21H,7-11,15H2,1-6H3/t16?,20-,21?,23?/m0/s1. The number of hydrogen-bond donors (Lipinski definition) is 0. The Morgan fingerprint density at radius 1 is 1.00 bits per heavy atom. The fourth-order valence-corrected chi connectivity index (χ4v) is 7.50. The van der Waals surface area contributed by atoms with Gasteiger partial charge in [-0.1, -0.05) is 40.5 Å². The Bertz CT molecular complexity index is 604. The van der Waals surface area contributed by atoms with E-state index in [0.717, 1.165) is 29.3 Å². The van der Waals surface area contributed by atoms with E-state index in [9.17, 15) is 0 Å². The smallest absolute Gasteiger partial charge is 0.123 e. The molecule has 0 N–H and O–H groups in total. The van der Waals surface area contributed by atoms with Gasteiger partial charge in [-0.25, -0.2) is 0 Å². The summed E-state index contributed by atoms with van der Waals surface area (Å²) in [6.07, 6.45) is 6.99. The van der Waals surface area contributed by atoms with Crippen LogP contribution in [0, 0.1) is 28.6 Å². The van der Waals surface area contributed by atoms with E-state index in [1.807, 2.05) is 17.8 Å². The molecule has 0 radical (unpaired) electrons. The molecule has 1 aromatic carbocycles. The second kappa shape index (κ2) is 7.66. The maximum Gasteiger partial charge on any atom is 0.123 e. The van der Waals surface area contributed by atoms with E-state index in [1.165, 1.54) is 42.8 Å². The third-order valence-electron chi connectivity index (χ3n) is 7.48. The predicted molar refractivity (Wildman–Crippen MR) is 111 cm³/mol. The van der Waals surface area contributed by atoms with Gasteiger partial charge in [-0.2, -0.15) is 0 Å². The number of thioether (sulfide) groups is 1. The van der Waals surface area contributed by atoms with E-state index in [1.54, 1.807) is 14.2 Å². The number of hydrogen-bond acceptors (Lipinski definition) is 3. The summed E-state index contributed by atoms with van der Waals surface area (Å²) in [5.74, 6) is 5.41. The van der Waals surface area contributed by atoms with Gasteiger partial charge in [0.1, 0.15) is 11.5 Å². The zero-order valence-electron chi connectivity index (χ0n) is 17.4. The molecule has 0 saturated heterocycles. The van der Waals surface area contributed by atoms with Gasteiger partial charge in [-0.05, 0) is 60.0 Å². The molecule has 26 heavy (non-hydrogen) atoms. The van der Waals surface area contributed by atoms with Crippen LogP contribution < -0.4 is 9.47 Å². The van der Waals surface area contributed by atoms with Crippen LogP contribution in [0.3, 0.4) is 0 Å². The van der Waals surface area contributed by atoms with E-state index >= 15 is 0 Å². The molecule has 2 aliphatic rings. The minimum absolute atomic E-state index is 0.482. The first-order chi connectivity index (χ1) is 12.3. The third-order valence-corrected chi connectivity index (χ3v) is 8.57. The fraction of sp³-hybridized carbons (Fsp3) is 0.739. The van der Waals surface area contributed by atoms with Crippen molar-refractivity contribution in [3.05, 3.63) is 18.2 Å². The molecular weight excluding hydrogens is 340 g/mol. The van der Waals surface area contributed by atoms with E-state index in [2.05, 4.69) is 39.8 Å². The third kappa shape index (κ3) is 3.74. The minimum Gasteiger partial charge on any atom is -0.497 e. The molecule has 4 atom stereocenters. The molecule has 0 aromatic heterocycles. The normalized spacial score (nSPS) is 33.4. The van der Waals surface area contributed by atoms with Gasteiger partial charge in [0.2, 0.25) is 0 Å². The maximum atomic E-state index is 5.45. The molecule has 0 bridgehead atoms. The number of methoxy groups -OCH3 is 2.